The lowest BCUT2D eigenvalue weighted by Gasteiger charge is -2.29. The summed E-state index contributed by atoms with van der Waals surface area (Å²) in [6.07, 6.45) is 0. The zero-order chi connectivity index (χ0) is 15.8. The maximum Gasteiger partial charge on any atom is 0.256 e. The number of ether oxygens (including phenoxy) is 2. The molecule has 0 bridgehead atoms. The largest absolute Gasteiger partial charge is 0.385 e. The molecule has 1 aromatic carbocycles. The van der Waals surface area contributed by atoms with Gasteiger partial charge in [0.05, 0.1) is 30.5 Å². The van der Waals surface area contributed by atoms with E-state index >= 15 is 0 Å². The third kappa shape index (κ3) is 4.41. The predicted molar refractivity (Wildman–Crippen MR) is 80.2 cm³/mol. The number of hydrogen-bond acceptors (Lipinski definition) is 4. The van der Waals surface area contributed by atoms with E-state index < -0.39 is 5.82 Å². The minimum Gasteiger partial charge on any atom is -0.385 e. The van der Waals surface area contributed by atoms with Gasteiger partial charge < -0.3 is 19.7 Å². The van der Waals surface area contributed by atoms with Crippen LogP contribution in [-0.4, -0.2) is 57.9 Å². The van der Waals surface area contributed by atoms with Crippen LogP contribution in [0.3, 0.4) is 0 Å². The second-order valence-corrected chi connectivity index (χ2v) is 4.71. The molecule has 118 valence electrons. The van der Waals surface area contributed by atoms with Crippen molar-refractivity contribution in [2.24, 2.45) is 0 Å². The number of halogens is 1. The van der Waals surface area contributed by atoms with Gasteiger partial charge in [-0.1, -0.05) is 6.07 Å². The van der Waals surface area contributed by atoms with Gasteiger partial charge >= 0.3 is 0 Å². The van der Waals surface area contributed by atoms with Gasteiger partial charge in [0.2, 0.25) is 0 Å². The normalized spacial score (nSPS) is 12.0. The molecule has 0 fully saturated rings. The molecule has 0 aliphatic carbocycles. The van der Waals surface area contributed by atoms with Gasteiger partial charge in [-0.15, -0.1) is 0 Å². The first-order valence-corrected chi connectivity index (χ1v) is 6.81. The number of nitrogens with zero attached hydrogens (tertiary/aromatic N) is 1. The average molecular weight is 298 g/mol. The van der Waals surface area contributed by atoms with E-state index in [1.54, 1.807) is 32.2 Å². The molecule has 0 aliphatic rings. The minimum absolute atomic E-state index is 0.134. The molecule has 5 nitrogen and oxygen atoms in total. The molecule has 1 atom stereocenters. The summed E-state index contributed by atoms with van der Waals surface area (Å²) in [7, 11) is 4.74. The van der Waals surface area contributed by atoms with E-state index in [0.29, 0.717) is 25.3 Å². The molecule has 1 rings (SSSR count). The Morgan fingerprint density at radius 2 is 2.10 bits per heavy atom. The molecule has 0 radical (unpaired) electrons. The second kappa shape index (κ2) is 8.59. The Labute approximate surface area is 125 Å². The van der Waals surface area contributed by atoms with E-state index in [0.717, 1.165) is 0 Å². The Morgan fingerprint density at radius 1 is 1.38 bits per heavy atom. The molecule has 6 heteroatoms. The van der Waals surface area contributed by atoms with Crippen molar-refractivity contribution >= 4 is 11.6 Å². The third-order valence-corrected chi connectivity index (χ3v) is 3.23. The van der Waals surface area contributed by atoms with Crippen LogP contribution < -0.4 is 5.32 Å². The van der Waals surface area contributed by atoms with Crippen LogP contribution in [0.15, 0.2) is 18.2 Å². The van der Waals surface area contributed by atoms with Crippen LogP contribution in [0.1, 0.15) is 17.3 Å². The van der Waals surface area contributed by atoms with Crippen LogP contribution in [0, 0.1) is 5.82 Å². The van der Waals surface area contributed by atoms with Crippen LogP contribution in [-0.2, 0) is 9.47 Å². The zero-order valence-electron chi connectivity index (χ0n) is 13.0. The number of para-hydroxylation sites is 1. The summed E-state index contributed by atoms with van der Waals surface area (Å²) in [5, 5.41) is 2.74. The van der Waals surface area contributed by atoms with Gasteiger partial charge in [-0.25, -0.2) is 4.39 Å². The summed E-state index contributed by atoms with van der Waals surface area (Å²) < 4.78 is 23.9. The van der Waals surface area contributed by atoms with E-state index in [-0.39, 0.29) is 17.6 Å². The van der Waals surface area contributed by atoms with E-state index in [1.165, 1.54) is 12.1 Å². The number of hydrogen-bond donors (Lipinski definition) is 1. The molecule has 1 N–H and O–H groups in total. The molecular weight excluding hydrogens is 275 g/mol. The van der Waals surface area contributed by atoms with Crippen LogP contribution >= 0.6 is 0 Å². The van der Waals surface area contributed by atoms with Gasteiger partial charge in [0.15, 0.2) is 0 Å². The van der Waals surface area contributed by atoms with Crippen LogP contribution in [0.2, 0.25) is 0 Å². The van der Waals surface area contributed by atoms with Gasteiger partial charge in [0.1, 0.15) is 5.82 Å². The van der Waals surface area contributed by atoms with E-state index in [1.807, 2.05) is 6.92 Å². The van der Waals surface area contributed by atoms with E-state index in [4.69, 9.17) is 9.47 Å². The maximum atomic E-state index is 13.8. The number of benzene rings is 1. The number of anilines is 1. The van der Waals surface area contributed by atoms with Crippen molar-refractivity contribution < 1.29 is 18.7 Å². The molecule has 0 aromatic heterocycles. The Hall–Kier alpha value is -1.66. The topological polar surface area (TPSA) is 50.8 Å². The fourth-order valence-electron chi connectivity index (χ4n) is 2.15. The highest BCUT2D eigenvalue weighted by Gasteiger charge is 2.24. The quantitative estimate of drug-likeness (QED) is 0.797. The predicted octanol–water partition coefficient (Wildman–Crippen LogP) is 1.99. The molecule has 0 spiro atoms. The molecule has 0 heterocycles. The number of carbonyl (C=O) groups is 1. The summed E-state index contributed by atoms with van der Waals surface area (Å²) >= 11 is 0. The zero-order valence-corrected chi connectivity index (χ0v) is 13.0. The van der Waals surface area contributed by atoms with Crippen molar-refractivity contribution in [1.29, 1.82) is 0 Å². The van der Waals surface area contributed by atoms with Crippen molar-refractivity contribution in [3.8, 4) is 0 Å². The van der Waals surface area contributed by atoms with Gasteiger partial charge in [0, 0.05) is 27.8 Å². The molecule has 21 heavy (non-hydrogen) atoms. The highest BCUT2D eigenvalue weighted by Crippen LogP contribution is 2.21. The summed E-state index contributed by atoms with van der Waals surface area (Å²) in [5.41, 5.74) is 0.506. The number of rotatable bonds is 8. The Balaban J connectivity index is 3.07. The SMILES string of the molecule is CNc1c(F)cccc1C(=O)N(CCOC)C(C)COC. The first-order valence-electron chi connectivity index (χ1n) is 6.81. The highest BCUT2D eigenvalue weighted by atomic mass is 19.1. The molecule has 1 aromatic rings. The fraction of sp³-hybridized carbons (Fsp3) is 0.533. The Morgan fingerprint density at radius 3 is 2.67 bits per heavy atom. The number of nitrogens with one attached hydrogen (secondary N) is 1. The molecule has 1 amide bonds. The molecule has 0 saturated heterocycles. The van der Waals surface area contributed by atoms with Crippen LogP contribution in [0.5, 0.6) is 0 Å². The van der Waals surface area contributed by atoms with E-state index in [9.17, 15) is 9.18 Å². The van der Waals surface area contributed by atoms with Gasteiger partial charge in [-0.2, -0.15) is 0 Å². The van der Waals surface area contributed by atoms with E-state index in [2.05, 4.69) is 5.32 Å². The lowest BCUT2D eigenvalue weighted by atomic mass is 10.1. The van der Waals surface area contributed by atoms with Crippen molar-refractivity contribution in [2.45, 2.75) is 13.0 Å². The lowest BCUT2D eigenvalue weighted by Crippen LogP contribution is -2.43. The summed E-state index contributed by atoms with van der Waals surface area (Å²) in [4.78, 5) is 14.3. The van der Waals surface area contributed by atoms with Gasteiger partial charge in [0.25, 0.3) is 5.91 Å². The van der Waals surface area contributed by atoms with Gasteiger partial charge in [-0.3, -0.25) is 4.79 Å². The molecule has 1 unspecified atom stereocenters. The van der Waals surface area contributed by atoms with Crippen molar-refractivity contribution in [1.82, 2.24) is 4.90 Å². The molecular formula is C15H23FN2O3. The van der Waals surface area contributed by atoms with Crippen molar-refractivity contribution in [3.63, 3.8) is 0 Å². The van der Waals surface area contributed by atoms with Crippen LogP contribution in [0.25, 0.3) is 0 Å². The molecule has 0 aliphatic heterocycles. The molecule has 0 saturated carbocycles. The second-order valence-electron chi connectivity index (χ2n) is 4.71. The standard InChI is InChI=1S/C15H23FN2O3/c1-11(10-21-4)18(8-9-20-3)15(19)12-6-5-7-13(16)14(12)17-2/h5-7,11,17H,8-10H2,1-4H3. The Kier molecular flexibility index (Phi) is 7.11. The monoisotopic (exact) mass is 298 g/mol. The third-order valence-electron chi connectivity index (χ3n) is 3.23. The number of methoxy groups -OCH3 is 2. The summed E-state index contributed by atoms with van der Waals surface area (Å²) in [5.74, 6) is -0.699. The van der Waals surface area contributed by atoms with Crippen molar-refractivity contribution in [2.75, 3.05) is 46.3 Å². The average Bonchev–Trinajstić information content (AvgIpc) is 2.47. The van der Waals surface area contributed by atoms with Crippen LogP contribution in [0.4, 0.5) is 10.1 Å². The first kappa shape index (κ1) is 17.4. The van der Waals surface area contributed by atoms with Gasteiger partial charge in [-0.05, 0) is 19.1 Å². The summed E-state index contributed by atoms with van der Waals surface area (Å²) in [6, 6.07) is 4.32. The lowest BCUT2D eigenvalue weighted by molar-refractivity contribution is 0.0480. The summed E-state index contributed by atoms with van der Waals surface area (Å²) in [6.45, 7) is 3.11. The highest BCUT2D eigenvalue weighted by molar-refractivity contribution is 5.99. The minimum atomic E-state index is -0.450. The first-order chi connectivity index (χ1) is 10.1. The Bertz CT molecular complexity index is 468. The fourth-order valence-corrected chi connectivity index (χ4v) is 2.15. The van der Waals surface area contributed by atoms with Crippen molar-refractivity contribution in [3.05, 3.63) is 29.6 Å². The number of carbonyl (C=O) groups excluding carboxylic acids is 1. The smallest absolute Gasteiger partial charge is 0.256 e. The maximum absolute atomic E-state index is 13.8. The number of amides is 1.